The fraction of sp³-hybridized carbons (Fsp3) is 0.320. The minimum absolute atomic E-state index is 0.450. The monoisotopic (exact) mass is 393 g/mol. The predicted octanol–water partition coefficient (Wildman–Crippen LogP) is 6.13. The molecule has 2 aromatic rings. The van der Waals surface area contributed by atoms with Gasteiger partial charge in [-0.1, -0.05) is 75.0 Å². The van der Waals surface area contributed by atoms with Gasteiger partial charge in [0.05, 0.1) is 6.04 Å². The van der Waals surface area contributed by atoms with Crippen LogP contribution in [0.1, 0.15) is 51.3 Å². The fourth-order valence-electron chi connectivity index (χ4n) is 3.55. The molecule has 0 bridgehead atoms. The van der Waals surface area contributed by atoms with Crippen LogP contribution in [-0.2, 0) is 5.41 Å². The minimum Gasteiger partial charge on any atom is -0.487 e. The molecule has 0 aliphatic rings. The first-order valence-corrected chi connectivity index (χ1v) is 9.71. The normalized spacial score (nSPS) is 13.3. The molecule has 1 amide bonds. The number of hydrogen-bond acceptors (Lipinski definition) is 2. The van der Waals surface area contributed by atoms with E-state index in [1.54, 1.807) is 0 Å². The number of ether oxygens (including phenoxy) is 1. The van der Waals surface area contributed by atoms with Crippen molar-refractivity contribution in [2.24, 2.45) is 0 Å². The van der Waals surface area contributed by atoms with E-state index >= 15 is 0 Å². The standard InChI is InChI=1S/C25H31NO3/c1-16(2)19-11-10-12-20(15-19)25(6,7)23(18(5)26-24(27)28)29-22-14-9-8-13-21(22)17(3)4/h8-15,18,23,26H,1,3H2,2,4-7H3,(H,27,28). The van der Waals surface area contributed by atoms with E-state index in [9.17, 15) is 9.90 Å². The Balaban J connectivity index is 2.53. The van der Waals surface area contributed by atoms with Crippen LogP contribution in [0.15, 0.2) is 61.7 Å². The Morgan fingerprint density at radius 1 is 1.07 bits per heavy atom. The third kappa shape index (κ3) is 5.29. The molecule has 4 heteroatoms. The molecule has 0 aliphatic heterocycles. The van der Waals surface area contributed by atoms with E-state index in [-0.39, 0.29) is 0 Å². The van der Waals surface area contributed by atoms with Crippen LogP contribution in [0.4, 0.5) is 4.79 Å². The summed E-state index contributed by atoms with van der Waals surface area (Å²) in [4.78, 5) is 11.4. The average molecular weight is 394 g/mol. The first-order chi connectivity index (χ1) is 13.5. The third-order valence-corrected chi connectivity index (χ3v) is 5.22. The summed E-state index contributed by atoms with van der Waals surface area (Å²) < 4.78 is 6.48. The summed E-state index contributed by atoms with van der Waals surface area (Å²) in [6, 6.07) is 15.4. The molecule has 154 valence electrons. The zero-order valence-corrected chi connectivity index (χ0v) is 18.0. The van der Waals surface area contributed by atoms with Crippen molar-refractivity contribution < 1.29 is 14.6 Å². The van der Waals surface area contributed by atoms with Crippen LogP contribution in [0.2, 0.25) is 0 Å². The molecule has 2 atom stereocenters. The summed E-state index contributed by atoms with van der Waals surface area (Å²) in [6.45, 7) is 17.9. The van der Waals surface area contributed by atoms with E-state index in [4.69, 9.17) is 4.74 Å². The van der Waals surface area contributed by atoms with E-state index in [0.29, 0.717) is 5.75 Å². The first kappa shape index (κ1) is 22.3. The number of para-hydroxylation sites is 1. The van der Waals surface area contributed by atoms with Gasteiger partial charge in [-0.15, -0.1) is 0 Å². The Bertz CT molecular complexity index is 914. The van der Waals surface area contributed by atoms with Crippen molar-refractivity contribution in [2.75, 3.05) is 0 Å². The first-order valence-electron chi connectivity index (χ1n) is 9.71. The molecule has 0 fully saturated rings. The third-order valence-electron chi connectivity index (χ3n) is 5.22. The molecule has 2 aromatic carbocycles. The van der Waals surface area contributed by atoms with Gasteiger partial charge in [-0.25, -0.2) is 4.79 Å². The number of rotatable bonds is 8. The van der Waals surface area contributed by atoms with Gasteiger partial charge in [-0.2, -0.15) is 0 Å². The summed E-state index contributed by atoms with van der Waals surface area (Å²) in [5, 5.41) is 11.9. The number of amides is 1. The van der Waals surface area contributed by atoms with Crippen molar-refractivity contribution >= 4 is 17.2 Å². The molecule has 0 saturated carbocycles. The zero-order chi connectivity index (χ0) is 21.8. The molecule has 2 unspecified atom stereocenters. The van der Waals surface area contributed by atoms with Gasteiger partial charge in [-0.05, 0) is 43.5 Å². The van der Waals surface area contributed by atoms with Gasteiger partial charge in [-0.3, -0.25) is 0 Å². The molecular formula is C25H31NO3. The zero-order valence-electron chi connectivity index (χ0n) is 18.0. The lowest BCUT2D eigenvalue weighted by Crippen LogP contribution is -2.52. The average Bonchev–Trinajstić information content (AvgIpc) is 2.65. The number of hydrogen-bond donors (Lipinski definition) is 2. The molecule has 0 spiro atoms. The van der Waals surface area contributed by atoms with Crippen LogP contribution in [0.5, 0.6) is 5.75 Å². The summed E-state index contributed by atoms with van der Waals surface area (Å²) in [5.74, 6) is 0.688. The second-order valence-electron chi connectivity index (χ2n) is 8.14. The number of carboxylic acid groups (broad SMARTS) is 1. The van der Waals surface area contributed by atoms with E-state index in [2.05, 4.69) is 38.4 Å². The summed E-state index contributed by atoms with van der Waals surface area (Å²) in [6.07, 6.45) is -1.54. The SMILES string of the molecule is C=C(C)c1cccc(C(C)(C)C(Oc2ccccc2C(=C)C)C(C)NC(=O)O)c1. The minimum atomic E-state index is -1.08. The molecular weight excluding hydrogens is 362 g/mol. The number of carbonyl (C=O) groups is 1. The van der Waals surface area contributed by atoms with Crippen molar-refractivity contribution in [1.82, 2.24) is 5.32 Å². The molecule has 2 N–H and O–H groups in total. The highest BCUT2D eigenvalue weighted by molar-refractivity contribution is 5.67. The Kier molecular flexibility index (Phi) is 6.91. The maximum absolute atomic E-state index is 11.4. The summed E-state index contributed by atoms with van der Waals surface area (Å²) >= 11 is 0. The second kappa shape index (κ2) is 8.99. The highest BCUT2D eigenvalue weighted by atomic mass is 16.5. The van der Waals surface area contributed by atoms with Crippen LogP contribution >= 0.6 is 0 Å². The predicted molar refractivity (Wildman–Crippen MR) is 120 cm³/mol. The van der Waals surface area contributed by atoms with Gasteiger partial charge < -0.3 is 15.2 Å². The van der Waals surface area contributed by atoms with Crippen molar-refractivity contribution in [3.8, 4) is 5.75 Å². The molecule has 4 nitrogen and oxygen atoms in total. The highest BCUT2D eigenvalue weighted by Gasteiger charge is 2.38. The Morgan fingerprint density at radius 2 is 1.72 bits per heavy atom. The molecule has 0 aliphatic carbocycles. The Hall–Kier alpha value is -3.01. The summed E-state index contributed by atoms with van der Waals surface area (Å²) in [7, 11) is 0. The van der Waals surface area contributed by atoms with E-state index in [1.165, 1.54) is 0 Å². The van der Waals surface area contributed by atoms with Crippen LogP contribution in [-0.4, -0.2) is 23.3 Å². The van der Waals surface area contributed by atoms with E-state index < -0.39 is 23.7 Å². The Labute approximate surface area is 173 Å². The largest absolute Gasteiger partial charge is 0.487 e. The van der Waals surface area contributed by atoms with Gasteiger partial charge in [0, 0.05) is 11.0 Å². The highest BCUT2D eigenvalue weighted by Crippen LogP contribution is 2.35. The van der Waals surface area contributed by atoms with Gasteiger partial charge in [0.15, 0.2) is 0 Å². The maximum Gasteiger partial charge on any atom is 0.404 e. The smallest absolute Gasteiger partial charge is 0.404 e. The topological polar surface area (TPSA) is 58.6 Å². The van der Waals surface area contributed by atoms with Gasteiger partial charge >= 0.3 is 6.09 Å². The van der Waals surface area contributed by atoms with Crippen LogP contribution in [0.3, 0.4) is 0 Å². The quantitative estimate of drug-likeness (QED) is 0.567. The lowest BCUT2D eigenvalue weighted by molar-refractivity contribution is 0.0882. The van der Waals surface area contributed by atoms with Crippen LogP contribution in [0, 0.1) is 0 Å². The molecule has 0 radical (unpaired) electrons. The van der Waals surface area contributed by atoms with Crippen molar-refractivity contribution in [2.45, 2.75) is 52.2 Å². The van der Waals surface area contributed by atoms with Gasteiger partial charge in [0.1, 0.15) is 11.9 Å². The second-order valence-corrected chi connectivity index (χ2v) is 8.14. The molecule has 0 aromatic heterocycles. The molecule has 0 heterocycles. The molecule has 29 heavy (non-hydrogen) atoms. The van der Waals surface area contributed by atoms with E-state index in [1.807, 2.05) is 63.2 Å². The van der Waals surface area contributed by atoms with Gasteiger partial charge in [0.2, 0.25) is 0 Å². The lowest BCUT2D eigenvalue weighted by atomic mass is 9.76. The van der Waals surface area contributed by atoms with Crippen molar-refractivity contribution in [1.29, 1.82) is 0 Å². The van der Waals surface area contributed by atoms with Crippen molar-refractivity contribution in [3.63, 3.8) is 0 Å². The number of benzene rings is 2. The van der Waals surface area contributed by atoms with Crippen LogP contribution < -0.4 is 10.1 Å². The summed E-state index contributed by atoms with van der Waals surface area (Å²) in [5.41, 5.74) is 4.39. The van der Waals surface area contributed by atoms with Crippen molar-refractivity contribution in [3.05, 3.63) is 78.4 Å². The van der Waals surface area contributed by atoms with E-state index in [0.717, 1.165) is 27.8 Å². The Morgan fingerprint density at radius 3 is 2.31 bits per heavy atom. The fourth-order valence-corrected chi connectivity index (χ4v) is 3.55. The van der Waals surface area contributed by atoms with Crippen LogP contribution in [0.25, 0.3) is 11.1 Å². The number of nitrogens with one attached hydrogen (secondary N) is 1. The lowest BCUT2D eigenvalue weighted by Gasteiger charge is -2.39. The molecule has 0 saturated heterocycles. The maximum atomic E-state index is 11.4. The molecule has 2 rings (SSSR count). The number of allylic oxidation sites excluding steroid dienone is 2. The van der Waals surface area contributed by atoms with Gasteiger partial charge in [0.25, 0.3) is 0 Å².